The van der Waals surface area contributed by atoms with Crippen molar-refractivity contribution in [1.82, 2.24) is 4.90 Å². The lowest BCUT2D eigenvalue weighted by atomic mass is 10.1. The van der Waals surface area contributed by atoms with Gasteiger partial charge in [-0.3, -0.25) is 14.5 Å². The summed E-state index contributed by atoms with van der Waals surface area (Å²) in [5, 5.41) is 6.17. The molecule has 0 radical (unpaired) electrons. The highest BCUT2D eigenvalue weighted by atomic mass is 35.5. The molecule has 4 rings (SSSR count). The van der Waals surface area contributed by atoms with Crippen LogP contribution in [0.5, 0.6) is 0 Å². The zero-order chi connectivity index (χ0) is 24.8. The Kier molecular flexibility index (Phi) is 7.90. The minimum atomic E-state index is -0.622. The zero-order valence-corrected chi connectivity index (χ0v) is 20.2. The van der Waals surface area contributed by atoms with Crippen LogP contribution in [0.25, 0.3) is 0 Å². The lowest BCUT2D eigenvalue weighted by Gasteiger charge is -2.23. The van der Waals surface area contributed by atoms with Crippen LogP contribution in [0.15, 0.2) is 72.8 Å². The number of benzene rings is 3. The van der Waals surface area contributed by atoms with Crippen molar-refractivity contribution in [3.8, 4) is 0 Å². The van der Waals surface area contributed by atoms with Gasteiger partial charge in [0, 0.05) is 17.8 Å². The normalized spacial score (nSPS) is 14.9. The fourth-order valence-electron chi connectivity index (χ4n) is 3.79. The van der Waals surface area contributed by atoms with Crippen molar-refractivity contribution in [1.29, 1.82) is 0 Å². The number of likely N-dealkylation sites (tertiary alicyclic amines) is 1. The van der Waals surface area contributed by atoms with E-state index in [1.807, 2.05) is 30.3 Å². The molecule has 7 nitrogen and oxygen atoms in total. The van der Waals surface area contributed by atoms with Crippen LogP contribution in [-0.4, -0.2) is 35.4 Å². The van der Waals surface area contributed by atoms with Crippen molar-refractivity contribution in [2.75, 3.05) is 17.2 Å². The lowest BCUT2D eigenvalue weighted by molar-refractivity contribution is -0.120. The van der Waals surface area contributed by atoms with Crippen LogP contribution in [0.2, 0.25) is 10.0 Å². The maximum atomic E-state index is 12.9. The number of carbonyl (C=O) groups is 3. The third-order valence-corrected chi connectivity index (χ3v) is 6.24. The van der Waals surface area contributed by atoms with E-state index < -0.39 is 12.1 Å². The van der Waals surface area contributed by atoms with E-state index in [-0.39, 0.29) is 18.4 Å². The summed E-state index contributed by atoms with van der Waals surface area (Å²) < 4.78 is 5.39. The molecule has 0 aromatic heterocycles. The molecule has 2 N–H and O–H groups in total. The molecular weight excluding hydrogens is 489 g/mol. The van der Waals surface area contributed by atoms with Crippen molar-refractivity contribution in [3.05, 3.63) is 94.0 Å². The molecule has 1 aliphatic heterocycles. The molecule has 1 atom stereocenters. The predicted octanol–water partition coefficient (Wildman–Crippen LogP) is 5.99. The molecule has 35 heavy (non-hydrogen) atoms. The number of amides is 3. The summed E-state index contributed by atoms with van der Waals surface area (Å²) in [5.74, 6) is -0.694. The Morgan fingerprint density at radius 1 is 0.886 bits per heavy atom. The largest absolute Gasteiger partial charge is 0.445 e. The van der Waals surface area contributed by atoms with E-state index in [1.165, 1.54) is 4.90 Å². The number of nitrogens with zero attached hydrogens (tertiary/aromatic N) is 1. The molecule has 3 amide bonds. The second kappa shape index (κ2) is 11.3. The van der Waals surface area contributed by atoms with Gasteiger partial charge in [-0.25, -0.2) is 4.79 Å². The van der Waals surface area contributed by atoms with Gasteiger partial charge in [0.2, 0.25) is 5.91 Å². The zero-order valence-electron chi connectivity index (χ0n) is 18.7. The molecule has 1 saturated heterocycles. The van der Waals surface area contributed by atoms with Crippen LogP contribution in [0.3, 0.4) is 0 Å². The van der Waals surface area contributed by atoms with Gasteiger partial charge in [0.05, 0.1) is 15.7 Å². The average Bonchev–Trinajstić information content (AvgIpc) is 3.36. The number of halogens is 2. The standard InChI is InChI=1S/C26H23Cl2N3O4/c27-20-8-4-9-21(28)23(20)30-24(32)18-11-13-19(14-12-18)29-25(33)22-10-5-15-31(22)26(34)35-16-17-6-2-1-3-7-17/h1-4,6-9,11-14,22H,5,10,15-16H2,(H,29,33)(H,30,32). The Labute approximate surface area is 213 Å². The molecular formula is C26H23Cl2N3O4. The Morgan fingerprint density at radius 3 is 2.26 bits per heavy atom. The number of hydrogen-bond acceptors (Lipinski definition) is 4. The summed E-state index contributed by atoms with van der Waals surface area (Å²) in [4.78, 5) is 39.5. The van der Waals surface area contributed by atoms with Crippen LogP contribution >= 0.6 is 23.2 Å². The molecule has 9 heteroatoms. The SMILES string of the molecule is O=C(Nc1c(Cl)cccc1Cl)c1ccc(NC(=O)C2CCCN2C(=O)OCc2ccccc2)cc1. The number of nitrogens with one attached hydrogen (secondary N) is 2. The van der Waals surface area contributed by atoms with Crippen molar-refractivity contribution in [2.24, 2.45) is 0 Å². The summed E-state index contributed by atoms with van der Waals surface area (Å²) in [6.45, 7) is 0.600. The van der Waals surface area contributed by atoms with Crippen LogP contribution < -0.4 is 10.6 Å². The maximum absolute atomic E-state index is 12.9. The second-order valence-electron chi connectivity index (χ2n) is 8.01. The lowest BCUT2D eigenvalue weighted by Crippen LogP contribution is -2.43. The summed E-state index contributed by atoms with van der Waals surface area (Å²) in [6, 6.07) is 20.1. The highest BCUT2D eigenvalue weighted by molar-refractivity contribution is 6.40. The van der Waals surface area contributed by atoms with E-state index in [4.69, 9.17) is 27.9 Å². The molecule has 0 spiro atoms. The summed E-state index contributed by atoms with van der Waals surface area (Å²) in [5.41, 5.74) is 2.08. The van der Waals surface area contributed by atoms with E-state index in [1.54, 1.807) is 42.5 Å². The third kappa shape index (κ3) is 6.12. The summed E-state index contributed by atoms with van der Waals surface area (Å²) in [6.07, 6.45) is 0.741. The van der Waals surface area contributed by atoms with Gasteiger partial charge in [0.1, 0.15) is 12.6 Å². The van der Waals surface area contributed by atoms with E-state index in [0.717, 1.165) is 5.56 Å². The van der Waals surface area contributed by atoms with Gasteiger partial charge < -0.3 is 15.4 Å². The molecule has 0 aliphatic carbocycles. The van der Waals surface area contributed by atoms with Gasteiger partial charge in [-0.15, -0.1) is 0 Å². The topological polar surface area (TPSA) is 87.7 Å². The third-order valence-electron chi connectivity index (χ3n) is 5.61. The molecule has 0 bridgehead atoms. The Balaban J connectivity index is 1.34. The van der Waals surface area contributed by atoms with Gasteiger partial charge >= 0.3 is 6.09 Å². The monoisotopic (exact) mass is 511 g/mol. The van der Waals surface area contributed by atoms with Gasteiger partial charge in [-0.05, 0) is 54.8 Å². The highest BCUT2D eigenvalue weighted by Crippen LogP contribution is 2.30. The summed E-state index contributed by atoms with van der Waals surface area (Å²) in [7, 11) is 0. The average molecular weight is 512 g/mol. The van der Waals surface area contributed by atoms with Gasteiger partial charge in [0.15, 0.2) is 0 Å². The van der Waals surface area contributed by atoms with Crippen molar-refractivity contribution in [3.63, 3.8) is 0 Å². The van der Waals surface area contributed by atoms with Crippen LogP contribution in [0.1, 0.15) is 28.8 Å². The number of anilines is 2. The predicted molar refractivity (Wildman–Crippen MR) is 136 cm³/mol. The molecule has 1 aliphatic rings. The molecule has 3 aromatic rings. The van der Waals surface area contributed by atoms with Crippen molar-refractivity contribution >= 4 is 52.5 Å². The van der Waals surface area contributed by atoms with Gasteiger partial charge in [-0.1, -0.05) is 59.6 Å². The van der Waals surface area contributed by atoms with Gasteiger partial charge in [0.25, 0.3) is 5.91 Å². The van der Waals surface area contributed by atoms with Crippen LogP contribution in [0, 0.1) is 0 Å². The van der Waals surface area contributed by atoms with E-state index in [2.05, 4.69) is 10.6 Å². The first kappa shape index (κ1) is 24.6. The minimum absolute atomic E-state index is 0.146. The second-order valence-corrected chi connectivity index (χ2v) is 8.82. The Bertz CT molecular complexity index is 1200. The number of rotatable bonds is 6. The van der Waals surface area contributed by atoms with Crippen molar-refractivity contribution in [2.45, 2.75) is 25.5 Å². The number of hydrogen-bond donors (Lipinski definition) is 2. The number of ether oxygens (including phenoxy) is 1. The molecule has 180 valence electrons. The smallest absolute Gasteiger partial charge is 0.410 e. The van der Waals surface area contributed by atoms with E-state index in [0.29, 0.717) is 46.4 Å². The first-order valence-corrected chi connectivity index (χ1v) is 11.8. The maximum Gasteiger partial charge on any atom is 0.410 e. The van der Waals surface area contributed by atoms with Gasteiger partial charge in [-0.2, -0.15) is 0 Å². The number of para-hydroxylation sites is 1. The fourth-order valence-corrected chi connectivity index (χ4v) is 4.29. The first-order chi connectivity index (χ1) is 16.9. The quantitative estimate of drug-likeness (QED) is 0.425. The van der Waals surface area contributed by atoms with Crippen LogP contribution in [0.4, 0.5) is 16.2 Å². The first-order valence-electron chi connectivity index (χ1n) is 11.1. The van der Waals surface area contributed by atoms with E-state index in [9.17, 15) is 14.4 Å². The molecule has 1 heterocycles. The number of carbonyl (C=O) groups excluding carboxylic acids is 3. The van der Waals surface area contributed by atoms with Crippen molar-refractivity contribution < 1.29 is 19.1 Å². The molecule has 0 saturated carbocycles. The fraction of sp³-hybridized carbons (Fsp3) is 0.192. The molecule has 3 aromatic carbocycles. The van der Waals surface area contributed by atoms with Crippen LogP contribution in [-0.2, 0) is 16.1 Å². The Hall–Kier alpha value is -3.55. The molecule has 1 unspecified atom stereocenters. The molecule has 1 fully saturated rings. The Morgan fingerprint density at radius 2 is 1.57 bits per heavy atom. The minimum Gasteiger partial charge on any atom is -0.445 e. The highest BCUT2D eigenvalue weighted by Gasteiger charge is 2.35. The summed E-state index contributed by atoms with van der Waals surface area (Å²) >= 11 is 12.2. The van der Waals surface area contributed by atoms with E-state index >= 15 is 0 Å².